The van der Waals surface area contributed by atoms with Crippen molar-refractivity contribution in [2.45, 2.75) is 18.6 Å². The molecule has 0 radical (unpaired) electrons. The monoisotopic (exact) mass is 356 g/mol. The number of amides is 1. The van der Waals surface area contributed by atoms with Gasteiger partial charge in [-0.2, -0.15) is 0 Å². The van der Waals surface area contributed by atoms with Gasteiger partial charge in [0, 0.05) is 31.9 Å². The molecule has 0 saturated carbocycles. The van der Waals surface area contributed by atoms with Gasteiger partial charge in [-0.1, -0.05) is 0 Å². The van der Waals surface area contributed by atoms with Crippen molar-refractivity contribution in [2.24, 2.45) is 0 Å². The van der Waals surface area contributed by atoms with E-state index in [1.807, 2.05) is 12.1 Å². The number of carbonyl (C=O) groups excluding carboxylic acids is 2. The van der Waals surface area contributed by atoms with Crippen molar-refractivity contribution in [2.75, 3.05) is 21.3 Å². The van der Waals surface area contributed by atoms with Crippen LogP contribution in [0, 0.1) is 0 Å². The molecule has 2 heterocycles. The van der Waals surface area contributed by atoms with E-state index in [1.165, 1.54) is 12.4 Å². The summed E-state index contributed by atoms with van der Waals surface area (Å²) in [6.07, 6.45) is 2.54. The first-order valence-electron chi connectivity index (χ1n) is 8.14. The minimum Gasteiger partial charge on any atom is -0.497 e. The molecule has 1 saturated heterocycles. The van der Waals surface area contributed by atoms with E-state index >= 15 is 0 Å². The van der Waals surface area contributed by atoms with E-state index in [0.717, 1.165) is 5.56 Å². The number of likely N-dealkylation sites (N-methyl/N-ethyl adjacent to an activating group) is 1. The van der Waals surface area contributed by atoms with Gasteiger partial charge in [0.05, 0.1) is 25.8 Å². The van der Waals surface area contributed by atoms with E-state index in [0.29, 0.717) is 23.5 Å². The van der Waals surface area contributed by atoms with Crippen molar-refractivity contribution in [3.8, 4) is 11.5 Å². The molecule has 136 valence electrons. The van der Waals surface area contributed by atoms with Gasteiger partial charge in [-0.15, -0.1) is 0 Å². The second-order valence-electron chi connectivity index (χ2n) is 5.98. The third kappa shape index (κ3) is 3.46. The average molecular weight is 356 g/mol. The van der Waals surface area contributed by atoms with Crippen molar-refractivity contribution in [1.29, 1.82) is 0 Å². The molecule has 1 aliphatic heterocycles. The van der Waals surface area contributed by atoms with Crippen molar-refractivity contribution in [1.82, 2.24) is 9.88 Å². The Labute approximate surface area is 151 Å². The summed E-state index contributed by atoms with van der Waals surface area (Å²) < 4.78 is 16.0. The van der Waals surface area contributed by atoms with Gasteiger partial charge in [-0.25, -0.2) is 4.79 Å². The third-order valence-electron chi connectivity index (χ3n) is 4.45. The Morgan fingerprint density at radius 1 is 1.12 bits per heavy atom. The molecule has 26 heavy (non-hydrogen) atoms. The Bertz CT molecular complexity index is 787. The summed E-state index contributed by atoms with van der Waals surface area (Å²) in [6.45, 7) is 0. The van der Waals surface area contributed by atoms with Crippen LogP contribution in [-0.2, 0) is 9.53 Å². The number of rotatable bonds is 5. The van der Waals surface area contributed by atoms with Gasteiger partial charge in [0.1, 0.15) is 11.5 Å². The van der Waals surface area contributed by atoms with Crippen molar-refractivity contribution < 1.29 is 23.8 Å². The number of ether oxygens (including phenoxy) is 3. The van der Waals surface area contributed by atoms with Crippen LogP contribution in [0.4, 0.5) is 0 Å². The summed E-state index contributed by atoms with van der Waals surface area (Å²) >= 11 is 0. The van der Waals surface area contributed by atoms with Crippen LogP contribution in [0.15, 0.2) is 42.7 Å². The van der Waals surface area contributed by atoms with Crippen LogP contribution in [0.2, 0.25) is 0 Å². The van der Waals surface area contributed by atoms with E-state index < -0.39 is 12.1 Å². The summed E-state index contributed by atoms with van der Waals surface area (Å²) in [7, 11) is 4.84. The van der Waals surface area contributed by atoms with Gasteiger partial charge in [0.25, 0.3) is 5.91 Å². The summed E-state index contributed by atoms with van der Waals surface area (Å²) in [5.41, 5.74) is 1.22. The molecule has 7 nitrogen and oxygen atoms in total. The highest BCUT2D eigenvalue weighted by atomic mass is 16.5. The molecular formula is C19H20N2O5. The Kier molecular flexibility index (Phi) is 5.06. The molecule has 0 spiro atoms. The number of nitrogens with zero attached hydrogens (tertiary/aromatic N) is 2. The minimum absolute atomic E-state index is 0.234. The first-order chi connectivity index (χ1) is 12.5. The van der Waals surface area contributed by atoms with Crippen LogP contribution in [0.3, 0.4) is 0 Å². The molecule has 1 aromatic heterocycles. The maximum Gasteiger partial charge on any atom is 0.339 e. The lowest BCUT2D eigenvalue weighted by Crippen LogP contribution is -2.30. The number of benzene rings is 1. The molecular weight excluding hydrogens is 336 g/mol. The van der Waals surface area contributed by atoms with E-state index in [9.17, 15) is 9.59 Å². The smallest absolute Gasteiger partial charge is 0.339 e. The zero-order valence-corrected chi connectivity index (χ0v) is 14.8. The van der Waals surface area contributed by atoms with Gasteiger partial charge < -0.3 is 19.1 Å². The van der Waals surface area contributed by atoms with E-state index in [4.69, 9.17) is 14.2 Å². The maximum absolute atomic E-state index is 12.5. The Morgan fingerprint density at radius 3 is 2.31 bits per heavy atom. The van der Waals surface area contributed by atoms with Gasteiger partial charge in [0.2, 0.25) is 0 Å². The summed E-state index contributed by atoms with van der Waals surface area (Å²) in [6, 6.07) is 8.34. The number of methoxy groups -OCH3 is 2. The molecule has 2 unspecified atom stereocenters. The predicted molar refractivity (Wildman–Crippen MR) is 93.1 cm³/mol. The molecule has 2 atom stereocenters. The summed E-state index contributed by atoms with van der Waals surface area (Å²) in [5.74, 6) is 0.497. The largest absolute Gasteiger partial charge is 0.497 e. The fraction of sp³-hybridized carbons (Fsp3) is 0.316. The van der Waals surface area contributed by atoms with E-state index in [-0.39, 0.29) is 11.9 Å². The normalized spacial score (nSPS) is 19.3. The summed E-state index contributed by atoms with van der Waals surface area (Å²) in [4.78, 5) is 30.2. The van der Waals surface area contributed by atoms with Gasteiger partial charge >= 0.3 is 5.97 Å². The van der Waals surface area contributed by atoms with E-state index in [2.05, 4.69) is 4.98 Å². The second-order valence-corrected chi connectivity index (χ2v) is 5.98. The standard InChI is InChI=1S/C19H20N2O5/c1-21-16(13-8-14(24-2)10-15(9-13)25-3)11-17(18(21)22)26-19(23)12-4-6-20-7-5-12/h4-10,16-17H,11H2,1-3H3. The SMILES string of the molecule is COc1cc(OC)cc(C2CC(OC(=O)c3ccncc3)C(=O)N2C)c1. The molecule has 1 amide bonds. The lowest BCUT2D eigenvalue weighted by atomic mass is 10.0. The number of hydrogen-bond donors (Lipinski definition) is 0. The summed E-state index contributed by atoms with van der Waals surface area (Å²) in [5, 5.41) is 0. The van der Waals surface area contributed by atoms with Crippen molar-refractivity contribution >= 4 is 11.9 Å². The zero-order valence-electron chi connectivity index (χ0n) is 14.8. The fourth-order valence-electron chi connectivity index (χ4n) is 3.01. The van der Waals surface area contributed by atoms with Crippen LogP contribution in [0.5, 0.6) is 11.5 Å². The van der Waals surface area contributed by atoms with Crippen molar-refractivity contribution in [3.63, 3.8) is 0 Å². The average Bonchev–Trinajstić information content (AvgIpc) is 2.96. The van der Waals surface area contributed by atoms with Gasteiger partial charge in [-0.3, -0.25) is 9.78 Å². The van der Waals surface area contributed by atoms with Crippen LogP contribution in [-0.4, -0.2) is 49.1 Å². The Morgan fingerprint density at radius 2 is 1.73 bits per heavy atom. The topological polar surface area (TPSA) is 78.0 Å². The molecule has 3 rings (SSSR count). The Balaban J connectivity index is 1.80. The Hall–Kier alpha value is -3.09. The zero-order chi connectivity index (χ0) is 18.7. The van der Waals surface area contributed by atoms with Crippen LogP contribution >= 0.6 is 0 Å². The predicted octanol–water partition coefficient (Wildman–Crippen LogP) is 2.23. The molecule has 0 N–H and O–H groups in total. The molecule has 2 aromatic rings. The molecule has 0 aliphatic carbocycles. The minimum atomic E-state index is -0.831. The quantitative estimate of drug-likeness (QED) is 0.765. The maximum atomic E-state index is 12.5. The number of aromatic nitrogens is 1. The third-order valence-corrected chi connectivity index (χ3v) is 4.45. The van der Waals surface area contributed by atoms with Crippen molar-refractivity contribution in [3.05, 3.63) is 53.9 Å². The molecule has 7 heteroatoms. The van der Waals surface area contributed by atoms with E-state index in [1.54, 1.807) is 44.4 Å². The number of hydrogen-bond acceptors (Lipinski definition) is 6. The lowest BCUT2D eigenvalue weighted by molar-refractivity contribution is -0.134. The highest BCUT2D eigenvalue weighted by Gasteiger charge is 2.41. The molecule has 1 fully saturated rings. The number of pyridine rings is 1. The first kappa shape index (κ1) is 17.7. The molecule has 0 bridgehead atoms. The lowest BCUT2D eigenvalue weighted by Gasteiger charge is -2.20. The fourth-order valence-corrected chi connectivity index (χ4v) is 3.01. The first-order valence-corrected chi connectivity index (χ1v) is 8.14. The van der Waals surface area contributed by atoms with Crippen LogP contribution < -0.4 is 9.47 Å². The number of likely N-dealkylation sites (tertiary alicyclic amines) is 1. The highest BCUT2D eigenvalue weighted by molar-refractivity contribution is 5.93. The number of esters is 1. The second kappa shape index (κ2) is 7.43. The molecule has 1 aromatic carbocycles. The highest BCUT2D eigenvalue weighted by Crippen LogP contribution is 2.36. The number of carbonyl (C=O) groups is 2. The van der Waals surface area contributed by atoms with Crippen LogP contribution in [0.1, 0.15) is 28.4 Å². The molecule has 1 aliphatic rings. The van der Waals surface area contributed by atoms with Crippen LogP contribution in [0.25, 0.3) is 0 Å². The van der Waals surface area contributed by atoms with Gasteiger partial charge in [-0.05, 0) is 29.8 Å². The van der Waals surface area contributed by atoms with Gasteiger partial charge in [0.15, 0.2) is 6.10 Å².